The van der Waals surface area contributed by atoms with E-state index in [0.717, 1.165) is 43.7 Å². The molecule has 0 bridgehead atoms. The van der Waals surface area contributed by atoms with E-state index < -0.39 is 0 Å². The molecule has 90 valence electrons. The van der Waals surface area contributed by atoms with Crippen LogP contribution in [0.5, 0.6) is 0 Å². The molecular weight excluding hydrogens is 204 g/mol. The van der Waals surface area contributed by atoms with Crippen molar-refractivity contribution in [2.24, 2.45) is 13.0 Å². The topological polar surface area (TPSA) is 47.3 Å². The smallest absolute Gasteiger partial charge is 0.0825 e. The summed E-state index contributed by atoms with van der Waals surface area (Å²) < 4.78 is 7.08. The van der Waals surface area contributed by atoms with Gasteiger partial charge in [-0.2, -0.15) is 5.10 Å². The van der Waals surface area contributed by atoms with Gasteiger partial charge in [-0.05, 0) is 32.1 Å². The molecule has 2 rings (SSSR count). The highest BCUT2D eigenvalue weighted by atomic mass is 16.5. The molecule has 1 aliphatic rings. The van der Waals surface area contributed by atoms with Gasteiger partial charge in [0.1, 0.15) is 0 Å². The monoisotopic (exact) mass is 224 g/mol. The Kier molecular flexibility index (Phi) is 3.61. The molecule has 1 saturated heterocycles. The number of ether oxygens (including phenoxy) is 1. The van der Waals surface area contributed by atoms with Crippen LogP contribution in [0, 0.1) is 12.8 Å². The first kappa shape index (κ1) is 11.6. The Morgan fingerprint density at radius 2 is 2.25 bits per heavy atom. The summed E-state index contributed by atoms with van der Waals surface area (Å²) in [4.78, 5) is 0. The average Bonchev–Trinajstić information content (AvgIpc) is 2.59. The summed E-state index contributed by atoms with van der Waals surface area (Å²) in [6, 6.07) is 0. The van der Waals surface area contributed by atoms with Gasteiger partial charge in [-0.3, -0.25) is 4.68 Å². The molecule has 4 nitrogen and oxygen atoms in total. The van der Waals surface area contributed by atoms with Gasteiger partial charge >= 0.3 is 0 Å². The van der Waals surface area contributed by atoms with Crippen LogP contribution in [0.3, 0.4) is 0 Å². The lowest BCUT2D eigenvalue weighted by Gasteiger charge is -2.24. The highest BCUT2D eigenvalue weighted by Gasteiger charge is 2.21. The van der Waals surface area contributed by atoms with Crippen LogP contribution in [0.25, 0.3) is 0 Å². The van der Waals surface area contributed by atoms with E-state index in [1.807, 2.05) is 20.2 Å². The quantitative estimate of drug-likeness (QED) is 0.848. The number of hydrogen-bond acceptors (Lipinski definition) is 3. The summed E-state index contributed by atoms with van der Waals surface area (Å²) in [5.74, 6) is 0.586. The fourth-order valence-electron chi connectivity index (χ4n) is 2.37. The molecule has 4 heteroatoms. The van der Waals surface area contributed by atoms with Gasteiger partial charge in [0, 0.05) is 32.0 Å². The van der Waals surface area contributed by atoms with E-state index in [9.17, 15) is 5.11 Å². The normalized spacial score (nSPS) is 19.9. The highest BCUT2D eigenvalue weighted by Crippen LogP contribution is 2.28. The molecule has 2 heterocycles. The third-order valence-electron chi connectivity index (χ3n) is 3.31. The number of hydrogen-bond donors (Lipinski definition) is 1. The predicted octanol–water partition coefficient (Wildman–Crippen LogP) is 1.58. The first-order valence-electron chi connectivity index (χ1n) is 5.92. The minimum atomic E-state index is -0.378. The lowest BCUT2D eigenvalue weighted by atomic mass is 9.91. The third kappa shape index (κ3) is 2.62. The average molecular weight is 224 g/mol. The van der Waals surface area contributed by atoms with Gasteiger partial charge in [0.25, 0.3) is 0 Å². The fourth-order valence-corrected chi connectivity index (χ4v) is 2.37. The minimum absolute atomic E-state index is 0.378. The Bertz CT molecular complexity index is 343. The van der Waals surface area contributed by atoms with Crippen LogP contribution in [0.2, 0.25) is 0 Å². The lowest BCUT2D eigenvalue weighted by molar-refractivity contribution is 0.0434. The van der Waals surface area contributed by atoms with Crippen LogP contribution >= 0.6 is 0 Å². The van der Waals surface area contributed by atoms with Crippen molar-refractivity contribution in [3.63, 3.8) is 0 Å². The second-order valence-electron chi connectivity index (χ2n) is 4.65. The van der Waals surface area contributed by atoms with Crippen LogP contribution in [-0.2, 0) is 11.8 Å². The van der Waals surface area contributed by atoms with Crippen LogP contribution in [0.1, 0.15) is 36.6 Å². The molecular formula is C12H20N2O2. The first-order valence-corrected chi connectivity index (χ1v) is 5.92. The Balaban J connectivity index is 1.96. The van der Waals surface area contributed by atoms with Crippen molar-refractivity contribution in [2.75, 3.05) is 13.2 Å². The predicted molar refractivity (Wildman–Crippen MR) is 61.1 cm³/mol. The minimum Gasteiger partial charge on any atom is -0.388 e. The largest absolute Gasteiger partial charge is 0.388 e. The number of rotatable bonds is 3. The van der Waals surface area contributed by atoms with Crippen molar-refractivity contribution in [2.45, 2.75) is 32.3 Å². The number of nitrogens with zero attached hydrogens (tertiary/aromatic N) is 2. The summed E-state index contributed by atoms with van der Waals surface area (Å²) in [7, 11) is 1.89. The van der Waals surface area contributed by atoms with Crippen molar-refractivity contribution in [3.8, 4) is 0 Å². The van der Waals surface area contributed by atoms with Crippen molar-refractivity contribution < 1.29 is 9.84 Å². The van der Waals surface area contributed by atoms with E-state index in [1.54, 1.807) is 4.68 Å². The summed E-state index contributed by atoms with van der Waals surface area (Å²) in [6.45, 7) is 3.62. The molecule has 0 spiro atoms. The number of aliphatic hydroxyl groups is 1. The zero-order valence-electron chi connectivity index (χ0n) is 10.0. The van der Waals surface area contributed by atoms with Gasteiger partial charge in [0.2, 0.25) is 0 Å². The Morgan fingerprint density at radius 1 is 1.56 bits per heavy atom. The molecule has 0 amide bonds. The molecule has 1 aromatic heterocycles. The van der Waals surface area contributed by atoms with Gasteiger partial charge in [-0.15, -0.1) is 0 Å². The van der Waals surface area contributed by atoms with E-state index in [1.165, 1.54) is 0 Å². The number of aryl methyl sites for hydroxylation is 2. The van der Waals surface area contributed by atoms with Crippen molar-refractivity contribution in [1.82, 2.24) is 9.78 Å². The lowest BCUT2D eigenvalue weighted by Crippen LogP contribution is -2.18. The van der Waals surface area contributed by atoms with Crippen LogP contribution in [0.15, 0.2) is 6.20 Å². The molecule has 1 atom stereocenters. The maximum atomic E-state index is 10.2. The second-order valence-corrected chi connectivity index (χ2v) is 4.65. The molecule has 0 radical (unpaired) electrons. The van der Waals surface area contributed by atoms with Crippen molar-refractivity contribution in [1.29, 1.82) is 0 Å². The van der Waals surface area contributed by atoms with E-state index in [4.69, 9.17) is 4.74 Å². The molecule has 1 unspecified atom stereocenters. The Hall–Kier alpha value is -0.870. The number of aromatic nitrogens is 2. The van der Waals surface area contributed by atoms with Crippen LogP contribution in [-0.4, -0.2) is 28.1 Å². The molecule has 1 aromatic rings. The zero-order valence-corrected chi connectivity index (χ0v) is 10.0. The summed E-state index contributed by atoms with van der Waals surface area (Å²) >= 11 is 0. The Morgan fingerprint density at radius 3 is 2.81 bits per heavy atom. The van der Waals surface area contributed by atoms with Crippen LogP contribution < -0.4 is 0 Å². The number of aliphatic hydroxyl groups excluding tert-OH is 1. The summed E-state index contributed by atoms with van der Waals surface area (Å²) in [5.41, 5.74) is 1.90. The van der Waals surface area contributed by atoms with E-state index in [0.29, 0.717) is 5.92 Å². The van der Waals surface area contributed by atoms with Gasteiger partial charge in [-0.1, -0.05) is 0 Å². The molecule has 1 N–H and O–H groups in total. The third-order valence-corrected chi connectivity index (χ3v) is 3.31. The molecule has 0 saturated carbocycles. The maximum absolute atomic E-state index is 10.2. The van der Waals surface area contributed by atoms with Crippen molar-refractivity contribution >= 4 is 0 Å². The molecule has 1 aliphatic heterocycles. The maximum Gasteiger partial charge on any atom is 0.0825 e. The zero-order chi connectivity index (χ0) is 11.5. The highest BCUT2D eigenvalue weighted by molar-refractivity contribution is 5.18. The van der Waals surface area contributed by atoms with Gasteiger partial charge in [-0.25, -0.2) is 0 Å². The molecule has 0 aromatic carbocycles. The standard InChI is InChI=1S/C12H20N2O2/c1-9-11(8-14(2)13-9)12(15)7-10-3-5-16-6-4-10/h8,10,12,15H,3-7H2,1-2H3. The van der Waals surface area contributed by atoms with Gasteiger partial charge in [0.05, 0.1) is 11.8 Å². The molecule has 16 heavy (non-hydrogen) atoms. The van der Waals surface area contributed by atoms with Crippen molar-refractivity contribution in [3.05, 3.63) is 17.5 Å². The van der Waals surface area contributed by atoms with E-state index >= 15 is 0 Å². The molecule has 0 aliphatic carbocycles. The SMILES string of the molecule is Cc1nn(C)cc1C(O)CC1CCOCC1. The fraction of sp³-hybridized carbons (Fsp3) is 0.750. The van der Waals surface area contributed by atoms with Gasteiger partial charge < -0.3 is 9.84 Å². The Labute approximate surface area is 96.2 Å². The summed E-state index contributed by atoms with van der Waals surface area (Å²) in [6.07, 6.45) is 4.50. The van der Waals surface area contributed by atoms with E-state index in [2.05, 4.69) is 5.10 Å². The molecule has 1 fully saturated rings. The van der Waals surface area contributed by atoms with Gasteiger partial charge in [0.15, 0.2) is 0 Å². The second kappa shape index (κ2) is 4.97. The first-order chi connectivity index (χ1) is 7.66. The van der Waals surface area contributed by atoms with E-state index in [-0.39, 0.29) is 6.10 Å². The van der Waals surface area contributed by atoms with Crippen LogP contribution in [0.4, 0.5) is 0 Å². The summed E-state index contributed by atoms with van der Waals surface area (Å²) in [5, 5.41) is 14.4.